The largest absolute Gasteiger partial charge is 0.495 e. The van der Waals surface area contributed by atoms with Gasteiger partial charge in [-0.05, 0) is 49.5 Å². The Labute approximate surface area is 181 Å². The molecule has 1 aliphatic rings. The number of nitrogens with one attached hydrogen (secondary N) is 1. The van der Waals surface area contributed by atoms with Crippen LogP contribution in [-0.4, -0.2) is 76.9 Å². The molecule has 0 bridgehead atoms. The van der Waals surface area contributed by atoms with Gasteiger partial charge in [0.2, 0.25) is 10.0 Å². The van der Waals surface area contributed by atoms with Crippen molar-refractivity contribution in [1.29, 1.82) is 0 Å². The number of likely N-dealkylation sites (N-methyl/N-ethyl adjacent to an activating group) is 1. The maximum Gasteiger partial charge on any atom is 0.337 e. The fraction of sp³-hybridized carbons (Fsp3) is 0.333. The molecule has 0 atom stereocenters. The molecule has 0 saturated carbocycles. The smallest absolute Gasteiger partial charge is 0.337 e. The SMILES string of the molecule is COC(=O)c1ccc(NC(=O)c2ccc(OC)c(S(=O)(=O)N3CCN(C)CC3)c2)cc1. The van der Waals surface area contributed by atoms with Gasteiger partial charge < -0.3 is 19.7 Å². The quantitative estimate of drug-likeness (QED) is 0.672. The first-order valence-electron chi connectivity index (χ1n) is 9.62. The molecule has 1 N–H and O–H groups in total. The van der Waals surface area contributed by atoms with Gasteiger partial charge in [0.15, 0.2) is 0 Å². The summed E-state index contributed by atoms with van der Waals surface area (Å²) in [5.74, 6) is -0.784. The van der Waals surface area contributed by atoms with E-state index in [2.05, 4.69) is 15.0 Å². The van der Waals surface area contributed by atoms with Crippen LogP contribution in [0.1, 0.15) is 20.7 Å². The highest BCUT2D eigenvalue weighted by atomic mass is 32.2. The van der Waals surface area contributed by atoms with E-state index in [4.69, 9.17) is 4.74 Å². The molecule has 0 radical (unpaired) electrons. The summed E-state index contributed by atoms with van der Waals surface area (Å²) < 4.78 is 37.7. The van der Waals surface area contributed by atoms with Gasteiger partial charge in [0.25, 0.3) is 5.91 Å². The monoisotopic (exact) mass is 447 g/mol. The zero-order valence-electron chi connectivity index (χ0n) is 17.6. The zero-order valence-corrected chi connectivity index (χ0v) is 18.4. The maximum atomic E-state index is 13.2. The van der Waals surface area contributed by atoms with Gasteiger partial charge in [-0.15, -0.1) is 0 Å². The van der Waals surface area contributed by atoms with E-state index in [9.17, 15) is 18.0 Å². The molecule has 0 unspecified atom stereocenters. The van der Waals surface area contributed by atoms with Crippen LogP contribution in [0.3, 0.4) is 0 Å². The molecule has 1 fully saturated rings. The molecule has 2 aromatic carbocycles. The Kier molecular flexibility index (Phi) is 6.94. The van der Waals surface area contributed by atoms with Crippen LogP contribution in [0.2, 0.25) is 0 Å². The topological polar surface area (TPSA) is 105 Å². The third kappa shape index (κ3) is 5.04. The lowest BCUT2D eigenvalue weighted by molar-refractivity contribution is 0.0600. The van der Waals surface area contributed by atoms with Crippen molar-refractivity contribution in [3.05, 3.63) is 53.6 Å². The minimum absolute atomic E-state index is 0.0479. The molecular weight excluding hydrogens is 422 g/mol. The van der Waals surface area contributed by atoms with Crippen molar-refractivity contribution in [3.8, 4) is 5.75 Å². The Morgan fingerprint density at radius 2 is 1.55 bits per heavy atom. The van der Waals surface area contributed by atoms with Gasteiger partial charge in [0.05, 0.1) is 19.8 Å². The predicted octanol–water partition coefficient (Wildman–Crippen LogP) is 1.67. The van der Waals surface area contributed by atoms with Gasteiger partial charge in [0.1, 0.15) is 10.6 Å². The lowest BCUT2D eigenvalue weighted by Gasteiger charge is -2.31. The van der Waals surface area contributed by atoms with Crippen molar-refractivity contribution in [2.45, 2.75) is 4.90 Å². The van der Waals surface area contributed by atoms with Gasteiger partial charge in [-0.1, -0.05) is 0 Å². The number of sulfonamides is 1. The fourth-order valence-corrected chi connectivity index (χ4v) is 4.80. The van der Waals surface area contributed by atoms with Crippen LogP contribution in [-0.2, 0) is 14.8 Å². The van der Waals surface area contributed by atoms with Gasteiger partial charge in [-0.3, -0.25) is 4.79 Å². The zero-order chi connectivity index (χ0) is 22.6. The third-order valence-electron chi connectivity index (χ3n) is 5.07. The number of carbonyl (C=O) groups is 2. The van der Waals surface area contributed by atoms with E-state index in [1.54, 1.807) is 12.1 Å². The summed E-state index contributed by atoms with van der Waals surface area (Å²) in [5.41, 5.74) is 0.980. The third-order valence-corrected chi connectivity index (χ3v) is 6.99. The van der Waals surface area contributed by atoms with E-state index in [-0.39, 0.29) is 16.2 Å². The van der Waals surface area contributed by atoms with E-state index in [1.165, 1.54) is 48.9 Å². The van der Waals surface area contributed by atoms with E-state index >= 15 is 0 Å². The Balaban J connectivity index is 1.84. The Hall–Kier alpha value is -2.95. The molecule has 1 saturated heterocycles. The van der Waals surface area contributed by atoms with Crippen LogP contribution in [0.15, 0.2) is 47.4 Å². The fourth-order valence-electron chi connectivity index (χ4n) is 3.20. The average molecular weight is 448 g/mol. The van der Waals surface area contributed by atoms with Gasteiger partial charge in [-0.2, -0.15) is 4.31 Å². The standard InChI is InChI=1S/C21H25N3O6S/c1-23-10-12-24(13-11-23)31(27,28)19-14-16(6-9-18(19)29-2)20(25)22-17-7-4-15(5-8-17)21(26)30-3/h4-9,14H,10-13H2,1-3H3,(H,22,25). The number of nitrogens with zero attached hydrogens (tertiary/aromatic N) is 2. The molecular formula is C21H25N3O6S. The van der Waals surface area contributed by atoms with Crippen molar-refractivity contribution < 1.29 is 27.5 Å². The van der Waals surface area contributed by atoms with Crippen molar-refractivity contribution in [3.63, 3.8) is 0 Å². The van der Waals surface area contributed by atoms with Crippen LogP contribution in [0.5, 0.6) is 5.75 Å². The van der Waals surface area contributed by atoms with Gasteiger partial charge in [-0.25, -0.2) is 13.2 Å². The average Bonchev–Trinajstić information content (AvgIpc) is 2.78. The number of hydrogen-bond donors (Lipinski definition) is 1. The number of carbonyl (C=O) groups excluding carboxylic acids is 2. The minimum Gasteiger partial charge on any atom is -0.495 e. The highest BCUT2D eigenvalue weighted by molar-refractivity contribution is 7.89. The Bertz CT molecular complexity index is 1060. The molecule has 0 spiro atoms. The Morgan fingerprint density at radius 3 is 2.13 bits per heavy atom. The van der Waals surface area contributed by atoms with Crippen LogP contribution in [0.4, 0.5) is 5.69 Å². The minimum atomic E-state index is -3.82. The normalized spacial score (nSPS) is 15.3. The number of esters is 1. The summed E-state index contributed by atoms with van der Waals surface area (Å²) in [6.07, 6.45) is 0. The summed E-state index contributed by atoms with van der Waals surface area (Å²) in [7, 11) is 0.790. The number of benzene rings is 2. The molecule has 166 valence electrons. The number of rotatable bonds is 6. The van der Waals surface area contributed by atoms with Gasteiger partial charge >= 0.3 is 5.97 Å². The molecule has 0 aliphatic carbocycles. The highest BCUT2D eigenvalue weighted by Crippen LogP contribution is 2.29. The molecule has 9 nitrogen and oxygen atoms in total. The summed E-state index contributed by atoms with van der Waals surface area (Å²) in [6, 6.07) is 10.5. The summed E-state index contributed by atoms with van der Waals surface area (Å²) >= 11 is 0. The molecule has 1 heterocycles. The lowest BCUT2D eigenvalue weighted by Crippen LogP contribution is -2.47. The summed E-state index contributed by atoms with van der Waals surface area (Å²) in [6.45, 7) is 1.99. The van der Waals surface area contributed by atoms with Crippen LogP contribution < -0.4 is 10.1 Å². The van der Waals surface area contributed by atoms with E-state index < -0.39 is 21.9 Å². The second-order valence-corrected chi connectivity index (χ2v) is 9.00. The van der Waals surface area contributed by atoms with Gasteiger partial charge in [0, 0.05) is 37.4 Å². The number of piperazine rings is 1. The number of ether oxygens (including phenoxy) is 2. The highest BCUT2D eigenvalue weighted by Gasteiger charge is 2.30. The Morgan fingerprint density at radius 1 is 0.935 bits per heavy atom. The molecule has 0 aromatic heterocycles. The molecule has 2 aromatic rings. The van der Waals surface area contributed by atoms with Crippen molar-refractivity contribution in [2.24, 2.45) is 0 Å². The molecule has 1 amide bonds. The van der Waals surface area contributed by atoms with Crippen LogP contribution >= 0.6 is 0 Å². The molecule has 3 rings (SSSR count). The molecule has 1 aliphatic heterocycles. The number of hydrogen-bond acceptors (Lipinski definition) is 7. The molecule has 31 heavy (non-hydrogen) atoms. The van der Waals surface area contributed by atoms with Crippen molar-refractivity contribution in [1.82, 2.24) is 9.21 Å². The van der Waals surface area contributed by atoms with E-state index in [1.807, 2.05) is 7.05 Å². The number of amides is 1. The molecule has 10 heteroatoms. The van der Waals surface area contributed by atoms with Crippen molar-refractivity contribution >= 4 is 27.6 Å². The second-order valence-electron chi connectivity index (χ2n) is 7.10. The van der Waals surface area contributed by atoms with Crippen molar-refractivity contribution in [2.75, 3.05) is 52.8 Å². The number of anilines is 1. The first kappa shape index (κ1) is 22.7. The second kappa shape index (κ2) is 9.46. The van der Waals surface area contributed by atoms with Crippen LogP contribution in [0, 0.1) is 0 Å². The first-order chi connectivity index (χ1) is 14.8. The lowest BCUT2D eigenvalue weighted by atomic mass is 10.1. The van der Waals surface area contributed by atoms with Crippen LogP contribution in [0.25, 0.3) is 0 Å². The summed E-state index contributed by atoms with van der Waals surface area (Å²) in [5, 5.41) is 2.70. The van der Waals surface area contributed by atoms with E-state index in [0.29, 0.717) is 37.4 Å². The number of methoxy groups -OCH3 is 2. The van der Waals surface area contributed by atoms with E-state index in [0.717, 1.165) is 0 Å². The maximum absolute atomic E-state index is 13.2. The first-order valence-corrected chi connectivity index (χ1v) is 11.1. The predicted molar refractivity (Wildman–Crippen MR) is 115 cm³/mol. The summed E-state index contributed by atoms with van der Waals surface area (Å²) in [4.78, 5) is 26.3.